The molecule has 4 nitrogen and oxygen atoms in total. The zero-order valence-corrected chi connectivity index (χ0v) is 14.2. The summed E-state index contributed by atoms with van der Waals surface area (Å²) in [5.74, 6) is -0.573. The maximum atomic E-state index is 12.7. The van der Waals surface area contributed by atoms with Crippen LogP contribution in [0.15, 0.2) is 24.3 Å². The van der Waals surface area contributed by atoms with Gasteiger partial charge in [0.15, 0.2) is 5.78 Å². The van der Waals surface area contributed by atoms with Crippen LogP contribution in [0, 0.1) is 5.92 Å². The van der Waals surface area contributed by atoms with Gasteiger partial charge in [0.1, 0.15) is 0 Å². The number of aliphatic hydroxyl groups is 1. The summed E-state index contributed by atoms with van der Waals surface area (Å²) in [6, 6.07) is 4.14. The Hall–Kier alpha value is -1.89. The molecule has 0 aromatic heterocycles. The molecule has 1 N–H and O–H groups in total. The molecule has 0 bridgehead atoms. The third-order valence-electron chi connectivity index (χ3n) is 4.49. The van der Waals surface area contributed by atoms with E-state index >= 15 is 0 Å². The minimum atomic E-state index is -4.51. The van der Waals surface area contributed by atoms with Gasteiger partial charge < -0.3 is 10.0 Å². The highest BCUT2D eigenvalue weighted by molar-refractivity contribution is 5.98. The maximum absolute atomic E-state index is 12.7. The van der Waals surface area contributed by atoms with E-state index in [0.29, 0.717) is 6.42 Å². The van der Waals surface area contributed by atoms with Crippen molar-refractivity contribution in [3.63, 3.8) is 0 Å². The standard InChI is InChI=1S/C18H22F3NO3/c1-11(2)15-9-14(23)10-22(15)17(25)7-6-16(24)12-4-3-5-13(8-12)18(19,20)21/h3-5,8,11,14-15,23H,6-7,9-10H2,1-2H3/t14-,15+/m1/s1. The Kier molecular flexibility index (Phi) is 5.87. The Morgan fingerprint density at radius 3 is 2.56 bits per heavy atom. The van der Waals surface area contributed by atoms with E-state index < -0.39 is 23.6 Å². The van der Waals surface area contributed by atoms with Gasteiger partial charge in [-0.2, -0.15) is 13.2 Å². The van der Waals surface area contributed by atoms with Gasteiger partial charge in [0.2, 0.25) is 5.91 Å². The second kappa shape index (κ2) is 7.56. The highest BCUT2D eigenvalue weighted by atomic mass is 19.4. The first-order chi connectivity index (χ1) is 11.6. The molecule has 1 aromatic carbocycles. The summed E-state index contributed by atoms with van der Waals surface area (Å²) in [4.78, 5) is 26.1. The van der Waals surface area contributed by atoms with E-state index in [2.05, 4.69) is 0 Å². The molecular formula is C18H22F3NO3. The van der Waals surface area contributed by atoms with Gasteiger partial charge in [-0.3, -0.25) is 9.59 Å². The summed E-state index contributed by atoms with van der Waals surface area (Å²) in [7, 11) is 0. The van der Waals surface area contributed by atoms with Crippen molar-refractivity contribution in [2.75, 3.05) is 6.54 Å². The third kappa shape index (κ3) is 4.81. The van der Waals surface area contributed by atoms with Crippen molar-refractivity contribution in [1.82, 2.24) is 4.90 Å². The Morgan fingerprint density at radius 1 is 1.28 bits per heavy atom. The minimum absolute atomic E-state index is 0.0514. The zero-order chi connectivity index (χ0) is 18.8. The van der Waals surface area contributed by atoms with Gasteiger partial charge in [-0.15, -0.1) is 0 Å². The van der Waals surface area contributed by atoms with Crippen molar-refractivity contribution in [2.24, 2.45) is 5.92 Å². The molecule has 2 atom stereocenters. The van der Waals surface area contributed by atoms with E-state index in [1.807, 2.05) is 13.8 Å². The second-order valence-corrected chi connectivity index (χ2v) is 6.75. The summed E-state index contributed by atoms with van der Waals surface area (Å²) in [6.45, 7) is 4.15. The van der Waals surface area contributed by atoms with Gasteiger partial charge >= 0.3 is 6.18 Å². The number of carbonyl (C=O) groups excluding carboxylic acids is 2. The number of aliphatic hydroxyl groups excluding tert-OH is 1. The van der Waals surface area contributed by atoms with Crippen LogP contribution < -0.4 is 0 Å². The highest BCUT2D eigenvalue weighted by Crippen LogP contribution is 2.30. The van der Waals surface area contributed by atoms with Crippen molar-refractivity contribution in [1.29, 1.82) is 0 Å². The number of halogens is 3. The van der Waals surface area contributed by atoms with Crippen LogP contribution in [0.4, 0.5) is 13.2 Å². The van der Waals surface area contributed by atoms with Crippen molar-refractivity contribution in [3.05, 3.63) is 35.4 Å². The molecule has 1 aliphatic rings. The van der Waals surface area contributed by atoms with Crippen LogP contribution in [-0.4, -0.2) is 40.4 Å². The lowest BCUT2D eigenvalue weighted by Gasteiger charge is -2.27. The monoisotopic (exact) mass is 357 g/mol. The number of β-amino-alcohol motifs (C(OH)–C–C–N with tert-alkyl or cyclic N) is 1. The molecule has 0 aliphatic carbocycles. The quantitative estimate of drug-likeness (QED) is 0.823. The van der Waals surface area contributed by atoms with Gasteiger partial charge in [0.25, 0.3) is 0 Å². The van der Waals surface area contributed by atoms with Crippen molar-refractivity contribution >= 4 is 11.7 Å². The number of carbonyl (C=O) groups is 2. The fourth-order valence-corrected chi connectivity index (χ4v) is 3.14. The number of alkyl halides is 3. The van der Waals surface area contributed by atoms with Crippen LogP contribution in [0.2, 0.25) is 0 Å². The van der Waals surface area contributed by atoms with Crippen molar-refractivity contribution in [3.8, 4) is 0 Å². The number of ketones is 1. The summed E-state index contributed by atoms with van der Waals surface area (Å²) < 4.78 is 38.1. The summed E-state index contributed by atoms with van der Waals surface area (Å²) in [5.41, 5.74) is -0.934. The van der Waals surface area contributed by atoms with E-state index in [1.165, 1.54) is 12.1 Å². The highest BCUT2D eigenvalue weighted by Gasteiger charge is 2.36. The normalized spacial score (nSPS) is 21.0. The number of hydrogen-bond donors (Lipinski definition) is 1. The minimum Gasteiger partial charge on any atom is -0.391 e. The molecule has 1 aliphatic heterocycles. The van der Waals surface area contributed by atoms with Crippen LogP contribution in [0.1, 0.15) is 49.0 Å². The van der Waals surface area contributed by atoms with Crippen LogP contribution in [0.3, 0.4) is 0 Å². The molecule has 138 valence electrons. The van der Waals surface area contributed by atoms with Crippen LogP contribution in [0.5, 0.6) is 0 Å². The first-order valence-electron chi connectivity index (χ1n) is 8.27. The molecule has 1 amide bonds. The lowest BCUT2D eigenvalue weighted by atomic mass is 10.0. The SMILES string of the molecule is CC(C)[C@@H]1C[C@@H](O)CN1C(=O)CCC(=O)c1cccc(C(F)(F)F)c1. The number of hydrogen-bond acceptors (Lipinski definition) is 3. The number of amides is 1. The fraction of sp³-hybridized carbons (Fsp3) is 0.556. The Morgan fingerprint density at radius 2 is 1.96 bits per heavy atom. The van der Waals surface area contributed by atoms with E-state index in [9.17, 15) is 27.9 Å². The molecule has 1 saturated heterocycles. The summed E-state index contributed by atoms with van der Waals surface area (Å²) >= 11 is 0. The van der Waals surface area contributed by atoms with Crippen LogP contribution in [0.25, 0.3) is 0 Å². The average molecular weight is 357 g/mol. The lowest BCUT2D eigenvalue weighted by Crippen LogP contribution is -2.38. The molecule has 0 spiro atoms. The number of benzene rings is 1. The second-order valence-electron chi connectivity index (χ2n) is 6.75. The molecule has 7 heteroatoms. The largest absolute Gasteiger partial charge is 0.416 e. The van der Waals surface area contributed by atoms with Gasteiger partial charge in [-0.05, 0) is 24.5 Å². The van der Waals surface area contributed by atoms with E-state index in [4.69, 9.17) is 0 Å². The molecule has 1 fully saturated rings. The predicted molar refractivity (Wildman–Crippen MR) is 86.0 cm³/mol. The van der Waals surface area contributed by atoms with Crippen LogP contribution in [-0.2, 0) is 11.0 Å². The molecular weight excluding hydrogens is 335 g/mol. The first kappa shape index (κ1) is 19.4. The van der Waals surface area contributed by atoms with Gasteiger partial charge in [-0.1, -0.05) is 26.0 Å². The van der Waals surface area contributed by atoms with E-state index in [0.717, 1.165) is 12.1 Å². The van der Waals surface area contributed by atoms with E-state index in [-0.39, 0.29) is 42.8 Å². The van der Waals surface area contributed by atoms with Crippen molar-refractivity contribution in [2.45, 2.75) is 51.4 Å². The number of rotatable bonds is 5. The van der Waals surface area contributed by atoms with Gasteiger partial charge in [0.05, 0.1) is 11.7 Å². The number of nitrogens with zero attached hydrogens (tertiary/aromatic N) is 1. The summed E-state index contributed by atoms with van der Waals surface area (Å²) in [6.07, 6.45) is -4.81. The Balaban J connectivity index is 1.99. The molecule has 2 rings (SSSR count). The zero-order valence-electron chi connectivity index (χ0n) is 14.2. The molecule has 0 unspecified atom stereocenters. The number of likely N-dealkylation sites (tertiary alicyclic amines) is 1. The molecule has 0 saturated carbocycles. The molecule has 1 heterocycles. The molecule has 25 heavy (non-hydrogen) atoms. The number of Topliss-reactive ketones (excluding diaryl/α,β-unsaturated/α-hetero) is 1. The Bertz CT molecular complexity index is 643. The molecule has 0 radical (unpaired) electrons. The predicted octanol–water partition coefficient (Wildman–Crippen LogP) is 3.29. The maximum Gasteiger partial charge on any atom is 0.416 e. The van der Waals surface area contributed by atoms with Gasteiger partial charge in [-0.25, -0.2) is 0 Å². The Labute approximate surface area is 144 Å². The van der Waals surface area contributed by atoms with Crippen molar-refractivity contribution < 1.29 is 27.9 Å². The average Bonchev–Trinajstić information content (AvgIpc) is 2.94. The third-order valence-corrected chi connectivity index (χ3v) is 4.49. The smallest absolute Gasteiger partial charge is 0.391 e. The molecule has 1 aromatic rings. The van der Waals surface area contributed by atoms with E-state index in [1.54, 1.807) is 4.90 Å². The van der Waals surface area contributed by atoms with Crippen LogP contribution >= 0.6 is 0 Å². The summed E-state index contributed by atoms with van der Waals surface area (Å²) in [5, 5.41) is 9.76. The first-order valence-corrected chi connectivity index (χ1v) is 8.27. The fourth-order valence-electron chi connectivity index (χ4n) is 3.14. The lowest BCUT2D eigenvalue weighted by molar-refractivity contribution is -0.137. The van der Waals surface area contributed by atoms with Gasteiger partial charge in [0, 0.05) is 31.0 Å². The topological polar surface area (TPSA) is 57.6 Å².